The number of aromatic hydroxyl groups is 1. The zero-order valence-electron chi connectivity index (χ0n) is 19.0. The van der Waals surface area contributed by atoms with Crippen molar-refractivity contribution in [2.24, 2.45) is 5.14 Å². The van der Waals surface area contributed by atoms with Crippen molar-refractivity contribution in [1.82, 2.24) is 14.8 Å². The van der Waals surface area contributed by atoms with Gasteiger partial charge in [-0.15, -0.1) is 10.2 Å². The smallest absolute Gasteiger partial charge is 0.238 e. The van der Waals surface area contributed by atoms with Crippen molar-refractivity contribution in [3.8, 4) is 22.8 Å². The molecule has 3 aromatic carbocycles. The van der Waals surface area contributed by atoms with Gasteiger partial charge in [0.2, 0.25) is 15.9 Å². The van der Waals surface area contributed by atoms with Gasteiger partial charge in [0, 0.05) is 5.69 Å². The van der Waals surface area contributed by atoms with Gasteiger partial charge in [0.05, 0.1) is 21.9 Å². The molecule has 4 rings (SSSR count). The van der Waals surface area contributed by atoms with Crippen LogP contribution < -0.4 is 10.5 Å². The Labute approximate surface area is 207 Å². The number of phenols is 1. The van der Waals surface area contributed by atoms with Gasteiger partial charge in [0.1, 0.15) is 5.75 Å². The molecule has 0 aliphatic rings. The predicted molar refractivity (Wildman–Crippen MR) is 135 cm³/mol. The predicted octanol–water partition coefficient (Wildman–Crippen LogP) is 3.63. The number of thioether (sulfide) groups is 1. The average Bonchev–Trinajstić information content (AvgIpc) is 3.21. The van der Waals surface area contributed by atoms with Crippen molar-refractivity contribution in [2.45, 2.75) is 23.9 Å². The molecule has 4 N–H and O–H groups in total. The summed E-state index contributed by atoms with van der Waals surface area (Å²) in [5, 5.41) is 27.3. The number of aromatic nitrogens is 3. The minimum absolute atomic E-state index is 0.0285. The first kappa shape index (κ1) is 24.5. The van der Waals surface area contributed by atoms with Crippen LogP contribution in [0.15, 0.2) is 76.8 Å². The van der Waals surface area contributed by atoms with Crippen LogP contribution in [0.1, 0.15) is 11.1 Å². The van der Waals surface area contributed by atoms with Crippen molar-refractivity contribution < 1.29 is 18.3 Å². The number of sulfonamides is 1. The Bertz CT molecular complexity index is 1500. The lowest BCUT2D eigenvalue weighted by atomic mass is 10.1. The number of amides is 1. The first-order chi connectivity index (χ1) is 16.6. The lowest BCUT2D eigenvalue weighted by molar-refractivity contribution is -0.113. The maximum atomic E-state index is 12.6. The number of hydrogen-bond acceptors (Lipinski definition) is 7. The maximum absolute atomic E-state index is 12.6. The molecule has 0 saturated carbocycles. The molecule has 4 aromatic rings. The number of nitrogens with two attached hydrogens (primary N) is 1. The molecule has 0 unspecified atom stereocenters. The molecular formula is C24H23N5O4S2. The van der Waals surface area contributed by atoms with E-state index in [4.69, 9.17) is 5.14 Å². The van der Waals surface area contributed by atoms with Gasteiger partial charge in [-0.3, -0.25) is 9.36 Å². The number of carbonyl (C=O) groups is 1. The molecule has 1 heterocycles. The molecule has 35 heavy (non-hydrogen) atoms. The minimum atomic E-state index is -3.81. The average molecular weight is 510 g/mol. The van der Waals surface area contributed by atoms with Gasteiger partial charge < -0.3 is 10.4 Å². The van der Waals surface area contributed by atoms with E-state index >= 15 is 0 Å². The van der Waals surface area contributed by atoms with Gasteiger partial charge in [-0.1, -0.05) is 41.6 Å². The second-order valence-corrected chi connectivity index (χ2v) is 10.4. The van der Waals surface area contributed by atoms with Crippen molar-refractivity contribution >= 4 is 33.4 Å². The van der Waals surface area contributed by atoms with E-state index in [-0.39, 0.29) is 22.3 Å². The van der Waals surface area contributed by atoms with E-state index in [2.05, 4.69) is 15.5 Å². The first-order valence-corrected chi connectivity index (χ1v) is 13.0. The highest BCUT2D eigenvalue weighted by Crippen LogP contribution is 2.33. The van der Waals surface area contributed by atoms with E-state index in [1.54, 1.807) is 24.3 Å². The van der Waals surface area contributed by atoms with Gasteiger partial charge in [0.25, 0.3) is 0 Å². The quantitative estimate of drug-likeness (QED) is 0.323. The number of para-hydroxylation sites is 1. The van der Waals surface area contributed by atoms with Crippen LogP contribution >= 0.6 is 11.8 Å². The molecule has 0 fully saturated rings. The standard InChI is InChI=1S/C24H23N5O4S2/c1-15-7-12-20(16(2)13-15)29-23(19-5-3-4-6-21(19)30)27-28-24(29)34-14-22(31)26-17-8-10-18(11-9-17)35(25,32)33/h3-13,30H,14H2,1-2H3,(H,26,31)(H2,25,32,33). The van der Waals surface area contributed by atoms with E-state index in [1.165, 1.54) is 36.0 Å². The van der Waals surface area contributed by atoms with Gasteiger partial charge in [-0.05, 0) is 61.9 Å². The number of nitrogens with zero attached hydrogens (tertiary/aromatic N) is 3. The Morgan fingerprint density at radius 3 is 2.43 bits per heavy atom. The Hall–Kier alpha value is -3.67. The highest BCUT2D eigenvalue weighted by Gasteiger charge is 2.20. The highest BCUT2D eigenvalue weighted by molar-refractivity contribution is 7.99. The molecule has 0 aliphatic heterocycles. The van der Waals surface area contributed by atoms with E-state index in [1.807, 2.05) is 36.6 Å². The first-order valence-electron chi connectivity index (χ1n) is 10.5. The SMILES string of the molecule is Cc1ccc(-n2c(SCC(=O)Nc3ccc(S(N)(=O)=O)cc3)nnc2-c2ccccc2O)c(C)c1. The number of nitrogens with one attached hydrogen (secondary N) is 1. The zero-order valence-corrected chi connectivity index (χ0v) is 20.6. The van der Waals surface area contributed by atoms with Gasteiger partial charge in [-0.25, -0.2) is 13.6 Å². The van der Waals surface area contributed by atoms with E-state index in [9.17, 15) is 18.3 Å². The third kappa shape index (κ3) is 5.53. The van der Waals surface area contributed by atoms with Gasteiger partial charge in [-0.2, -0.15) is 0 Å². The molecular weight excluding hydrogens is 486 g/mol. The normalized spacial score (nSPS) is 11.4. The summed E-state index contributed by atoms with van der Waals surface area (Å²) in [7, 11) is -3.81. The van der Waals surface area contributed by atoms with Crippen molar-refractivity contribution in [3.05, 3.63) is 77.9 Å². The number of aryl methyl sites for hydroxylation is 2. The summed E-state index contributed by atoms with van der Waals surface area (Å²) in [6.07, 6.45) is 0. The third-order valence-electron chi connectivity index (χ3n) is 5.17. The van der Waals surface area contributed by atoms with E-state index in [0.29, 0.717) is 22.2 Å². The second-order valence-electron chi connectivity index (χ2n) is 7.85. The largest absolute Gasteiger partial charge is 0.507 e. The molecule has 1 amide bonds. The van der Waals surface area contributed by atoms with Crippen LogP contribution in [0.25, 0.3) is 17.1 Å². The van der Waals surface area contributed by atoms with Crippen LogP contribution in [0.2, 0.25) is 0 Å². The maximum Gasteiger partial charge on any atom is 0.238 e. The number of rotatable bonds is 7. The van der Waals surface area contributed by atoms with Gasteiger partial charge in [0.15, 0.2) is 11.0 Å². The fraction of sp³-hybridized carbons (Fsp3) is 0.125. The molecule has 0 radical (unpaired) electrons. The number of benzene rings is 3. The highest BCUT2D eigenvalue weighted by atomic mass is 32.2. The van der Waals surface area contributed by atoms with E-state index in [0.717, 1.165) is 16.8 Å². The van der Waals surface area contributed by atoms with Crippen LogP contribution in [0.3, 0.4) is 0 Å². The number of hydrogen-bond donors (Lipinski definition) is 3. The topological polar surface area (TPSA) is 140 Å². The zero-order chi connectivity index (χ0) is 25.2. The van der Waals surface area contributed by atoms with Gasteiger partial charge >= 0.3 is 0 Å². The summed E-state index contributed by atoms with van der Waals surface area (Å²) >= 11 is 1.19. The lowest BCUT2D eigenvalue weighted by Crippen LogP contribution is -2.15. The molecule has 0 bridgehead atoms. The van der Waals surface area contributed by atoms with Crippen molar-refractivity contribution in [2.75, 3.05) is 11.1 Å². The third-order valence-corrected chi connectivity index (χ3v) is 7.03. The number of carbonyl (C=O) groups excluding carboxylic acids is 1. The summed E-state index contributed by atoms with van der Waals surface area (Å²) in [6, 6.07) is 18.4. The fourth-order valence-corrected chi connectivity index (χ4v) is 4.79. The Morgan fingerprint density at radius 1 is 1.06 bits per heavy atom. The Balaban J connectivity index is 1.60. The summed E-state index contributed by atoms with van der Waals surface area (Å²) in [5.74, 6) is 0.248. The molecule has 9 nitrogen and oxygen atoms in total. The summed E-state index contributed by atoms with van der Waals surface area (Å²) in [6.45, 7) is 3.98. The summed E-state index contributed by atoms with van der Waals surface area (Å²) in [5.41, 5.74) is 3.88. The fourth-order valence-electron chi connectivity index (χ4n) is 3.53. The number of primary sulfonamides is 1. The molecule has 1 aromatic heterocycles. The van der Waals surface area contributed by atoms with Crippen LogP contribution in [0.4, 0.5) is 5.69 Å². The van der Waals surface area contributed by atoms with E-state index < -0.39 is 10.0 Å². The van der Waals surface area contributed by atoms with Crippen LogP contribution in [-0.4, -0.2) is 39.9 Å². The minimum Gasteiger partial charge on any atom is -0.507 e. The van der Waals surface area contributed by atoms with Crippen LogP contribution in [0, 0.1) is 13.8 Å². The molecule has 0 aliphatic carbocycles. The molecule has 0 spiro atoms. The Kier molecular flexibility index (Phi) is 6.92. The molecule has 0 atom stereocenters. The molecule has 180 valence electrons. The monoisotopic (exact) mass is 509 g/mol. The van der Waals surface area contributed by atoms with Crippen LogP contribution in [-0.2, 0) is 14.8 Å². The van der Waals surface area contributed by atoms with Crippen molar-refractivity contribution in [3.63, 3.8) is 0 Å². The number of phenolic OH excluding ortho intramolecular Hbond substituents is 1. The Morgan fingerprint density at radius 2 is 1.77 bits per heavy atom. The lowest BCUT2D eigenvalue weighted by Gasteiger charge is -2.14. The summed E-state index contributed by atoms with van der Waals surface area (Å²) in [4.78, 5) is 12.5. The second kappa shape index (κ2) is 9.90. The molecule has 0 saturated heterocycles. The number of anilines is 1. The van der Waals surface area contributed by atoms with Crippen molar-refractivity contribution in [1.29, 1.82) is 0 Å². The molecule has 11 heteroatoms. The summed E-state index contributed by atoms with van der Waals surface area (Å²) < 4.78 is 24.6. The van der Waals surface area contributed by atoms with Crippen LogP contribution in [0.5, 0.6) is 5.75 Å².